The lowest BCUT2D eigenvalue weighted by Gasteiger charge is -2.14. The summed E-state index contributed by atoms with van der Waals surface area (Å²) in [6.45, 7) is -0.154. The first kappa shape index (κ1) is 10.7. The van der Waals surface area contributed by atoms with Gasteiger partial charge in [0.25, 0.3) is 0 Å². The van der Waals surface area contributed by atoms with Crippen molar-refractivity contribution < 1.29 is 14.9 Å². The van der Waals surface area contributed by atoms with E-state index in [1.807, 2.05) is 22.9 Å². The SMILES string of the molecule is OC[C@@H]1O[C@H](n2ccc3cnccc32)C[C@@H]1O. The number of aliphatic hydroxyl groups is 2. The van der Waals surface area contributed by atoms with Crippen LogP contribution in [0.3, 0.4) is 0 Å². The van der Waals surface area contributed by atoms with Gasteiger partial charge in [-0.25, -0.2) is 0 Å². The fourth-order valence-corrected chi connectivity index (χ4v) is 2.31. The van der Waals surface area contributed by atoms with Gasteiger partial charge >= 0.3 is 0 Å². The summed E-state index contributed by atoms with van der Waals surface area (Å²) in [7, 11) is 0. The molecule has 0 aromatic carbocycles. The minimum atomic E-state index is -0.607. The highest BCUT2D eigenvalue weighted by Crippen LogP contribution is 2.31. The number of nitrogens with zero attached hydrogens (tertiary/aromatic N) is 2. The van der Waals surface area contributed by atoms with E-state index in [1.165, 1.54) is 0 Å². The maximum absolute atomic E-state index is 9.72. The van der Waals surface area contributed by atoms with E-state index in [0.717, 1.165) is 10.9 Å². The Labute approximate surface area is 98.3 Å². The van der Waals surface area contributed by atoms with Gasteiger partial charge in [0.15, 0.2) is 0 Å². The number of aliphatic hydroxyl groups excluding tert-OH is 2. The third-order valence-electron chi connectivity index (χ3n) is 3.22. The normalized spacial score (nSPS) is 28.9. The summed E-state index contributed by atoms with van der Waals surface area (Å²) < 4.78 is 7.59. The van der Waals surface area contributed by atoms with Crippen molar-refractivity contribution in [3.05, 3.63) is 30.7 Å². The maximum atomic E-state index is 9.72. The Kier molecular flexibility index (Phi) is 2.58. The largest absolute Gasteiger partial charge is 0.394 e. The smallest absolute Gasteiger partial charge is 0.137 e. The molecule has 90 valence electrons. The van der Waals surface area contributed by atoms with E-state index in [1.54, 1.807) is 12.4 Å². The molecule has 1 aliphatic rings. The van der Waals surface area contributed by atoms with Gasteiger partial charge in [0.05, 0.1) is 18.2 Å². The van der Waals surface area contributed by atoms with E-state index in [0.29, 0.717) is 6.42 Å². The monoisotopic (exact) mass is 234 g/mol. The Hall–Kier alpha value is -1.43. The predicted octanol–water partition coefficient (Wildman–Crippen LogP) is 0.677. The van der Waals surface area contributed by atoms with Crippen LogP contribution in [0.2, 0.25) is 0 Å². The average molecular weight is 234 g/mol. The van der Waals surface area contributed by atoms with Crippen molar-refractivity contribution in [3.8, 4) is 0 Å². The topological polar surface area (TPSA) is 67.5 Å². The van der Waals surface area contributed by atoms with Crippen LogP contribution >= 0.6 is 0 Å². The minimum absolute atomic E-state index is 0.154. The van der Waals surface area contributed by atoms with Crippen molar-refractivity contribution in [2.45, 2.75) is 24.9 Å². The van der Waals surface area contributed by atoms with Crippen LogP contribution in [0.15, 0.2) is 30.7 Å². The van der Waals surface area contributed by atoms with Crippen molar-refractivity contribution in [1.82, 2.24) is 9.55 Å². The van der Waals surface area contributed by atoms with Gasteiger partial charge in [-0.15, -0.1) is 0 Å². The zero-order valence-electron chi connectivity index (χ0n) is 9.23. The standard InChI is InChI=1S/C12H14N2O3/c15-7-11-10(16)5-12(17-11)14-4-2-8-6-13-3-1-9(8)14/h1-4,6,10-12,15-16H,5,7H2/t10-,11-,12-/m0/s1. The van der Waals surface area contributed by atoms with Gasteiger partial charge in [0.1, 0.15) is 12.3 Å². The van der Waals surface area contributed by atoms with Gasteiger partial charge in [-0.3, -0.25) is 4.98 Å². The number of aromatic nitrogens is 2. The molecule has 2 N–H and O–H groups in total. The molecule has 2 aromatic heterocycles. The number of hydrogen-bond acceptors (Lipinski definition) is 4. The fraction of sp³-hybridized carbons (Fsp3) is 0.417. The Bertz CT molecular complexity index is 525. The molecule has 0 spiro atoms. The number of rotatable bonds is 2. The molecule has 3 rings (SSSR count). The molecule has 5 heteroatoms. The van der Waals surface area contributed by atoms with Crippen LogP contribution in [-0.2, 0) is 4.74 Å². The number of fused-ring (bicyclic) bond motifs is 1. The fourth-order valence-electron chi connectivity index (χ4n) is 2.31. The van der Waals surface area contributed by atoms with Gasteiger partial charge < -0.3 is 19.5 Å². The maximum Gasteiger partial charge on any atom is 0.137 e. The minimum Gasteiger partial charge on any atom is -0.394 e. The zero-order valence-corrected chi connectivity index (χ0v) is 9.23. The highest BCUT2D eigenvalue weighted by Gasteiger charge is 2.34. The van der Waals surface area contributed by atoms with E-state index < -0.39 is 12.2 Å². The summed E-state index contributed by atoms with van der Waals surface area (Å²) in [5.41, 5.74) is 1.02. The zero-order chi connectivity index (χ0) is 11.8. The molecular weight excluding hydrogens is 220 g/mol. The van der Waals surface area contributed by atoms with E-state index in [2.05, 4.69) is 4.98 Å². The Morgan fingerprint density at radius 1 is 1.47 bits per heavy atom. The lowest BCUT2D eigenvalue weighted by atomic mass is 10.2. The molecule has 1 fully saturated rings. The van der Waals surface area contributed by atoms with Crippen molar-refractivity contribution in [2.24, 2.45) is 0 Å². The van der Waals surface area contributed by atoms with Gasteiger partial charge in [-0.1, -0.05) is 0 Å². The molecule has 0 unspecified atom stereocenters. The van der Waals surface area contributed by atoms with Crippen molar-refractivity contribution in [2.75, 3.05) is 6.61 Å². The predicted molar refractivity (Wildman–Crippen MR) is 61.4 cm³/mol. The summed E-state index contributed by atoms with van der Waals surface area (Å²) in [6.07, 6.45) is 4.63. The highest BCUT2D eigenvalue weighted by molar-refractivity contribution is 5.78. The Morgan fingerprint density at radius 3 is 3.12 bits per heavy atom. The first-order valence-electron chi connectivity index (χ1n) is 5.64. The molecule has 0 saturated carbocycles. The molecule has 3 heterocycles. The summed E-state index contributed by atoms with van der Waals surface area (Å²) in [4.78, 5) is 4.06. The summed E-state index contributed by atoms with van der Waals surface area (Å²) in [5.74, 6) is 0. The number of ether oxygens (including phenoxy) is 1. The number of hydrogen-bond donors (Lipinski definition) is 2. The van der Waals surface area contributed by atoms with Crippen LogP contribution in [0.4, 0.5) is 0 Å². The van der Waals surface area contributed by atoms with Gasteiger partial charge in [0.2, 0.25) is 0 Å². The van der Waals surface area contributed by atoms with Crippen LogP contribution in [0.1, 0.15) is 12.6 Å². The molecular formula is C12H14N2O3. The molecule has 17 heavy (non-hydrogen) atoms. The highest BCUT2D eigenvalue weighted by atomic mass is 16.5. The molecule has 0 aliphatic carbocycles. The average Bonchev–Trinajstić information content (AvgIpc) is 2.92. The molecule has 1 aliphatic heterocycles. The first-order chi connectivity index (χ1) is 8.29. The van der Waals surface area contributed by atoms with Gasteiger partial charge in [-0.05, 0) is 12.1 Å². The van der Waals surface area contributed by atoms with Crippen LogP contribution in [0, 0.1) is 0 Å². The van der Waals surface area contributed by atoms with E-state index in [4.69, 9.17) is 9.84 Å². The molecule has 0 radical (unpaired) electrons. The van der Waals surface area contributed by atoms with Crippen LogP contribution in [0.5, 0.6) is 0 Å². The second-order valence-corrected chi connectivity index (χ2v) is 4.27. The van der Waals surface area contributed by atoms with Gasteiger partial charge in [-0.2, -0.15) is 0 Å². The third-order valence-corrected chi connectivity index (χ3v) is 3.22. The molecule has 0 amide bonds. The first-order valence-corrected chi connectivity index (χ1v) is 5.64. The third kappa shape index (κ3) is 1.72. The second-order valence-electron chi connectivity index (χ2n) is 4.27. The summed E-state index contributed by atoms with van der Waals surface area (Å²) in [5, 5.41) is 19.8. The number of pyridine rings is 1. The molecule has 1 saturated heterocycles. The second kappa shape index (κ2) is 4.10. The summed E-state index contributed by atoms with van der Waals surface area (Å²) >= 11 is 0. The van der Waals surface area contributed by atoms with E-state index >= 15 is 0 Å². The van der Waals surface area contributed by atoms with Crippen LogP contribution < -0.4 is 0 Å². The lowest BCUT2D eigenvalue weighted by Crippen LogP contribution is -2.24. The molecule has 0 bridgehead atoms. The van der Waals surface area contributed by atoms with Crippen molar-refractivity contribution in [3.63, 3.8) is 0 Å². The molecule has 5 nitrogen and oxygen atoms in total. The Balaban J connectivity index is 1.95. The molecule has 3 atom stereocenters. The Morgan fingerprint density at radius 2 is 2.35 bits per heavy atom. The summed E-state index contributed by atoms with van der Waals surface area (Å²) in [6, 6.07) is 3.88. The molecule has 2 aromatic rings. The van der Waals surface area contributed by atoms with Crippen LogP contribution in [0.25, 0.3) is 10.9 Å². The lowest BCUT2D eigenvalue weighted by molar-refractivity contribution is -0.0428. The van der Waals surface area contributed by atoms with Crippen molar-refractivity contribution in [1.29, 1.82) is 0 Å². The van der Waals surface area contributed by atoms with Crippen molar-refractivity contribution >= 4 is 10.9 Å². The van der Waals surface area contributed by atoms with Crippen LogP contribution in [-0.4, -0.2) is 38.6 Å². The van der Waals surface area contributed by atoms with Gasteiger partial charge in [0, 0.05) is 30.4 Å². The quantitative estimate of drug-likeness (QED) is 0.801. The van der Waals surface area contributed by atoms with E-state index in [-0.39, 0.29) is 12.8 Å². The van der Waals surface area contributed by atoms with E-state index in [9.17, 15) is 5.11 Å².